The van der Waals surface area contributed by atoms with E-state index in [1.807, 2.05) is 0 Å². The minimum atomic E-state index is -4.32. The summed E-state index contributed by atoms with van der Waals surface area (Å²) < 4.78 is 42.3. The van der Waals surface area contributed by atoms with Crippen LogP contribution in [-0.2, 0) is 17.5 Å². The van der Waals surface area contributed by atoms with Gasteiger partial charge in [-0.1, -0.05) is 0 Å². The van der Waals surface area contributed by atoms with Gasteiger partial charge in [0, 0.05) is 25.4 Å². The fraction of sp³-hybridized carbons (Fsp3) is 0.583. The predicted octanol–water partition coefficient (Wildman–Crippen LogP) is 2.37. The summed E-state index contributed by atoms with van der Waals surface area (Å²) >= 11 is 0. The summed E-state index contributed by atoms with van der Waals surface area (Å²) in [5.74, 6) is 0. The van der Waals surface area contributed by atoms with Crippen LogP contribution in [-0.4, -0.2) is 24.2 Å². The van der Waals surface area contributed by atoms with E-state index in [9.17, 15) is 13.2 Å². The minimum absolute atomic E-state index is 0.267. The Hall–Kier alpha value is -1.14. The Kier molecular flexibility index (Phi) is 4.19. The van der Waals surface area contributed by atoms with Crippen LogP contribution in [0.1, 0.15) is 24.1 Å². The van der Waals surface area contributed by atoms with E-state index in [0.29, 0.717) is 18.8 Å². The topological polar surface area (TPSA) is 34.1 Å². The molecule has 0 unspecified atom stereocenters. The number of aromatic nitrogens is 1. The van der Waals surface area contributed by atoms with Gasteiger partial charge in [0.2, 0.25) is 0 Å². The van der Waals surface area contributed by atoms with Crippen molar-refractivity contribution in [1.82, 2.24) is 10.3 Å². The van der Waals surface area contributed by atoms with E-state index in [0.717, 1.165) is 31.7 Å². The first-order valence-electron chi connectivity index (χ1n) is 5.89. The van der Waals surface area contributed by atoms with Gasteiger partial charge in [0.25, 0.3) is 0 Å². The predicted molar refractivity (Wildman–Crippen MR) is 59.9 cm³/mol. The van der Waals surface area contributed by atoms with Gasteiger partial charge >= 0.3 is 6.18 Å². The Balaban J connectivity index is 1.86. The number of rotatable bonds is 3. The van der Waals surface area contributed by atoms with Crippen molar-refractivity contribution in [1.29, 1.82) is 0 Å². The van der Waals surface area contributed by atoms with Gasteiger partial charge in [-0.3, -0.25) is 4.98 Å². The van der Waals surface area contributed by atoms with Crippen LogP contribution in [0.15, 0.2) is 18.3 Å². The van der Waals surface area contributed by atoms with Crippen molar-refractivity contribution >= 4 is 0 Å². The zero-order valence-corrected chi connectivity index (χ0v) is 9.83. The first-order valence-corrected chi connectivity index (χ1v) is 5.89. The summed E-state index contributed by atoms with van der Waals surface area (Å²) in [6, 6.07) is 2.73. The van der Waals surface area contributed by atoms with E-state index < -0.39 is 11.7 Å². The van der Waals surface area contributed by atoms with E-state index in [2.05, 4.69) is 10.3 Å². The second-order valence-electron chi connectivity index (χ2n) is 4.33. The van der Waals surface area contributed by atoms with Gasteiger partial charge in [0.15, 0.2) is 0 Å². The number of ether oxygens (including phenoxy) is 1. The third-order valence-corrected chi connectivity index (χ3v) is 2.88. The van der Waals surface area contributed by atoms with Crippen molar-refractivity contribution < 1.29 is 17.9 Å². The molecule has 18 heavy (non-hydrogen) atoms. The summed E-state index contributed by atoms with van der Waals surface area (Å²) in [5.41, 5.74) is -0.110. The number of nitrogens with one attached hydrogen (secondary N) is 1. The molecule has 1 atom stereocenters. The number of pyridine rings is 1. The number of alkyl halides is 3. The minimum Gasteiger partial charge on any atom is -0.380 e. The Bertz CT molecular complexity index is 372. The number of nitrogens with zero attached hydrogens (tertiary/aromatic N) is 1. The van der Waals surface area contributed by atoms with Crippen LogP contribution in [0.25, 0.3) is 0 Å². The Morgan fingerprint density at radius 3 is 2.78 bits per heavy atom. The molecule has 0 spiro atoms. The van der Waals surface area contributed by atoms with E-state index >= 15 is 0 Å². The van der Waals surface area contributed by atoms with Gasteiger partial charge in [0.05, 0.1) is 17.9 Å². The SMILES string of the molecule is FC(F)(F)c1ccc(CN[C@@H]2CCCOC2)nc1. The van der Waals surface area contributed by atoms with Crippen LogP contribution < -0.4 is 5.32 Å². The highest BCUT2D eigenvalue weighted by Gasteiger charge is 2.30. The molecule has 0 bridgehead atoms. The average molecular weight is 260 g/mol. The lowest BCUT2D eigenvalue weighted by Crippen LogP contribution is -2.36. The molecule has 1 aliphatic rings. The Morgan fingerprint density at radius 1 is 1.39 bits per heavy atom. The van der Waals surface area contributed by atoms with Crippen LogP contribution in [0, 0.1) is 0 Å². The smallest absolute Gasteiger partial charge is 0.380 e. The molecule has 1 aromatic rings. The zero-order chi connectivity index (χ0) is 13.0. The normalized spacial score (nSPS) is 20.9. The standard InChI is InChI=1S/C12H15F3N2O/c13-12(14,15)9-3-4-10(16-6-9)7-17-11-2-1-5-18-8-11/h3-4,6,11,17H,1-2,5,7-8H2/t11-/m1/s1. The van der Waals surface area contributed by atoms with Crippen LogP contribution >= 0.6 is 0 Å². The summed E-state index contributed by atoms with van der Waals surface area (Å²) in [5, 5.41) is 3.23. The zero-order valence-electron chi connectivity index (χ0n) is 9.83. The molecule has 100 valence electrons. The maximum Gasteiger partial charge on any atom is 0.417 e. The highest BCUT2D eigenvalue weighted by molar-refractivity contribution is 5.16. The van der Waals surface area contributed by atoms with Gasteiger partial charge in [-0.2, -0.15) is 13.2 Å². The number of halogens is 3. The van der Waals surface area contributed by atoms with Gasteiger partial charge < -0.3 is 10.1 Å². The molecule has 0 aromatic carbocycles. The van der Waals surface area contributed by atoms with E-state index in [1.54, 1.807) is 0 Å². The van der Waals surface area contributed by atoms with E-state index in [4.69, 9.17) is 4.74 Å². The Labute approximate surface area is 103 Å². The number of hydrogen-bond donors (Lipinski definition) is 1. The van der Waals surface area contributed by atoms with Gasteiger partial charge in [-0.15, -0.1) is 0 Å². The number of hydrogen-bond acceptors (Lipinski definition) is 3. The van der Waals surface area contributed by atoms with Crippen molar-refractivity contribution in [3.05, 3.63) is 29.6 Å². The molecule has 3 nitrogen and oxygen atoms in total. The summed E-state index contributed by atoms with van der Waals surface area (Å²) in [6.07, 6.45) is -1.41. The van der Waals surface area contributed by atoms with Crippen molar-refractivity contribution in [2.24, 2.45) is 0 Å². The van der Waals surface area contributed by atoms with E-state index in [1.165, 1.54) is 6.07 Å². The van der Waals surface area contributed by atoms with Crippen molar-refractivity contribution in [3.63, 3.8) is 0 Å². The summed E-state index contributed by atoms with van der Waals surface area (Å²) in [7, 11) is 0. The van der Waals surface area contributed by atoms with Crippen molar-refractivity contribution in [2.45, 2.75) is 31.6 Å². The van der Waals surface area contributed by atoms with Crippen LogP contribution in [0.2, 0.25) is 0 Å². The maximum absolute atomic E-state index is 12.3. The largest absolute Gasteiger partial charge is 0.417 e. The Morgan fingerprint density at radius 2 is 2.22 bits per heavy atom. The van der Waals surface area contributed by atoms with Crippen molar-refractivity contribution in [3.8, 4) is 0 Å². The molecule has 2 rings (SSSR count). The molecule has 0 saturated carbocycles. The molecule has 0 amide bonds. The molecular formula is C12H15F3N2O. The van der Waals surface area contributed by atoms with Crippen LogP contribution in [0.5, 0.6) is 0 Å². The highest BCUT2D eigenvalue weighted by Crippen LogP contribution is 2.28. The molecule has 1 aromatic heterocycles. The van der Waals surface area contributed by atoms with Crippen molar-refractivity contribution in [2.75, 3.05) is 13.2 Å². The second-order valence-corrected chi connectivity index (χ2v) is 4.33. The lowest BCUT2D eigenvalue weighted by atomic mass is 10.1. The van der Waals surface area contributed by atoms with Gasteiger partial charge in [-0.05, 0) is 25.0 Å². The van der Waals surface area contributed by atoms with Gasteiger partial charge in [0.1, 0.15) is 0 Å². The third-order valence-electron chi connectivity index (χ3n) is 2.88. The molecule has 6 heteroatoms. The molecule has 1 aliphatic heterocycles. The fourth-order valence-electron chi connectivity index (χ4n) is 1.85. The summed E-state index contributed by atoms with van der Waals surface area (Å²) in [4.78, 5) is 3.81. The quantitative estimate of drug-likeness (QED) is 0.906. The molecule has 1 N–H and O–H groups in total. The maximum atomic E-state index is 12.3. The highest BCUT2D eigenvalue weighted by atomic mass is 19.4. The molecule has 2 heterocycles. The van der Waals surface area contributed by atoms with Crippen LogP contribution in [0.4, 0.5) is 13.2 Å². The molecule has 1 fully saturated rings. The average Bonchev–Trinajstić information content (AvgIpc) is 2.37. The third kappa shape index (κ3) is 3.68. The van der Waals surface area contributed by atoms with Crippen LogP contribution in [0.3, 0.4) is 0 Å². The first-order chi connectivity index (χ1) is 8.55. The summed E-state index contributed by atoms with van der Waals surface area (Å²) in [6.45, 7) is 1.91. The molecule has 0 radical (unpaired) electrons. The molecule has 0 aliphatic carbocycles. The molecule has 1 saturated heterocycles. The first kappa shape index (κ1) is 13.3. The lowest BCUT2D eigenvalue weighted by Gasteiger charge is -2.23. The monoisotopic (exact) mass is 260 g/mol. The molecular weight excluding hydrogens is 245 g/mol. The van der Waals surface area contributed by atoms with Gasteiger partial charge in [-0.25, -0.2) is 0 Å². The van der Waals surface area contributed by atoms with E-state index in [-0.39, 0.29) is 6.04 Å². The fourth-order valence-corrected chi connectivity index (χ4v) is 1.85. The second kappa shape index (κ2) is 5.67. The lowest BCUT2D eigenvalue weighted by molar-refractivity contribution is -0.137.